The molecule has 0 aliphatic carbocycles. The Morgan fingerprint density at radius 2 is 2.07 bits per heavy atom. The predicted molar refractivity (Wildman–Crippen MR) is 116 cm³/mol. The zero-order valence-electron chi connectivity index (χ0n) is 15.5. The number of benzene rings is 2. The SMILES string of the molecule is N#CCCn1cc(/C=N\NC(=O)CNc2nc3ccccc3s2)c2ccccc21. The topological polar surface area (TPSA) is 95.1 Å². The van der Waals surface area contributed by atoms with E-state index < -0.39 is 0 Å². The van der Waals surface area contributed by atoms with Gasteiger partial charge in [0.2, 0.25) is 0 Å². The number of carbonyl (C=O) groups excluding carboxylic acids is 1. The Bertz CT molecular complexity index is 1200. The van der Waals surface area contributed by atoms with E-state index in [2.05, 4.69) is 26.9 Å². The number of fused-ring (bicyclic) bond motifs is 2. The number of hydrazone groups is 1. The minimum absolute atomic E-state index is 0.0844. The van der Waals surface area contributed by atoms with Crippen LogP contribution < -0.4 is 10.7 Å². The third kappa shape index (κ3) is 4.25. The lowest BCUT2D eigenvalue weighted by atomic mass is 10.2. The van der Waals surface area contributed by atoms with Gasteiger partial charge in [-0.3, -0.25) is 4.79 Å². The number of nitrogens with one attached hydrogen (secondary N) is 2. The molecular weight excluding hydrogens is 384 g/mol. The number of thiazole rings is 1. The van der Waals surface area contributed by atoms with Gasteiger partial charge in [-0.15, -0.1) is 0 Å². The number of hydrogen-bond acceptors (Lipinski definition) is 6. The lowest BCUT2D eigenvalue weighted by Crippen LogP contribution is -2.25. The summed E-state index contributed by atoms with van der Waals surface area (Å²) in [4.78, 5) is 16.5. The number of nitrogens with zero attached hydrogens (tertiary/aromatic N) is 4. The summed E-state index contributed by atoms with van der Waals surface area (Å²) in [6.45, 7) is 0.699. The van der Waals surface area contributed by atoms with Crippen molar-refractivity contribution in [2.75, 3.05) is 11.9 Å². The van der Waals surface area contributed by atoms with Gasteiger partial charge in [0.1, 0.15) is 0 Å². The highest BCUT2D eigenvalue weighted by Crippen LogP contribution is 2.25. The molecule has 0 aliphatic heterocycles. The van der Waals surface area contributed by atoms with Crippen LogP contribution in [0.1, 0.15) is 12.0 Å². The molecule has 0 bridgehead atoms. The number of carbonyl (C=O) groups is 1. The molecule has 4 aromatic rings. The molecule has 2 heterocycles. The molecule has 0 aliphatic rings. The van der Waals surface area contributed by atoms with Crippen LogP contribution in [0.25, 0.3) is 21.1 Å². The monoisotopic (exact) mass is 402 g/mol. The van der Waals surface area contributed by atoms with Crippen molar-refractivity contribution in [3.8, 4) is 6.07 Å². The first kappa shape index (κ1) is 18.7. The summed E-state index contributed by atoms with van der Waals surface area (Å²) in [6.07, 6.45) is 4.00. The van der Waals surface area contributed by atoms with E-state index in [-0.39, 0.29) is 12.5 Å². The number of aromatic nitrogens is 2. The second-order valence-corrected chi connectivity index (χ2v) is 7.37. The van der Waals surface area contributed by atoms with Crippen molar-refractivity contribution in [3.05, 3.63) is 60.3 Å². The summed E-state index contributed by atoms with van der Waals surface area (Å²) in [6, 6.07) is 17.9. The van der Waals surface area contributed by atoms with E-state index >= 15 is 0 Å². The van der Waals surface area contributed by atoms with E-state index in [4.69, 9.17) is 5.26 Å². The third-order valence-corrected chi connectivity index (χ3v) is 5.36. The summed E-state index contributed by atoms with van der Waals surface area (Å²) in [7, 11) is 0. The normalized spacial score (nSPS) is 11.1. The molecule has 0 radical (unpaired) electrons. The summed E-state index contributed by atoms with van der Waals surface area (Å²) in [5, 5.41) is 17.7. The number of hydrogen-bond donors (Lipinski definition) is 2. The molecule has 29 heavy (non-hydrogen) atoms. The Morgan fingerprint density at radius 3 is 2.93 bits per heavy atom. The van der Waals surface area contributed by atoms with Crippen molar-refractivity contribution < 1.29 is 4.79 Å². The number of nitriles is 1. The quantitative estimate of drug-likeness (QED) is 0.364. The van der Waals surface area contributed by atoms with Gasteiger partial charge in [0.15, 0.2) is 5.13 Å². The van der Waals surface area contributed by atoms with Gasteiger partial charge in [0.25, 0.3) is 5.91 Å². The van der Waals surface area contributed by atoms with Crippen LogP contribution in [-0.4, -0.2) is 28.2 Å². The predicted octanol–water partition coefficient (Wildman–Crippen LogP) is 3.73. The summed E-state index contributed by atoms with van der Waals surface area (Å²) < 4.78 is 3.09. The van der Waals surface area contributed by atoms with Crippen molar-refractivity contribution in [3.63, 3.8) is 0 Å². The van der Waals surface area contributed by atoms with E-state index in [0.717, 1.165) is 26.7 Å². The molecule has 2 N–H and O–H groups in total. The summed E-state index contributed by atoms with van der Waals surface area (Å²) in [5.41, 5.74) is 5.37. The Balaban J connectivity index is 1.38. The van der Waals surface area contributed by atoms with Gasteiger partial charge in [0.05, 0.1) is 35.5 Å². The molecule has 0 spiro atoms. The second kappa shape index (κ2) is 8.54. The van der Waals surface area contributed by atoms with Crippen LogP contribution in [0.15, 0.2) is 59.8 Å². The van der Waals surface area contributed by atoms with Crippen molar-refractivity contribution in [1.29, 1.82) is 5.26 Å². The molecule has 4 rings (SSSR count). The van der Waals surface area contributed by atoms with Crippen LogP contribution in [-0.2, 0) is 11.3 Å². The first-order valence-corrected chi connectivity index (χ1v) is 9.92. The standard InChI is InChI=1S/C21H18N6OS/c22-10-5-11-27-14-15(16-6-1-3-8-18(16)27)12-24-26-20(28)13-23-21-25-17-7-2-4-9-19(17)29-21/h1-4,6-9,12,14H,5,11,13H2,(H,23,25)(H,26,28)/b24-12-. The van der Waals surface area contributed by atoms with Crippen LogP contribution in [0.4, 0.5) is 5.13 Å². The second-order valence-electron chi connectivity index (χ2n) is 6.34. The van der Waals surface area contributed by atoms with E-state index in [0.29, 0.717) is 18.1 Å². The lowest BCUT2D eigenvalue weighted by Gasteiger charge is -2.00. The van der Waals surface area contributed by atoms with E-state index in [1.54, 1.807) is 6.21 Å². The van der Waals surface area contributed by atoms with E-state index in [1.165, 1.54) is 11.3 Å². The molecule has 7 nitrogen and oxygen atoms in total. The van der Waals surface area contributed by atoms with E-state index in [9.17, 15) is 4.79 Å². The molecule has 2 aromatic carbocycles. The molecule has 0 saturated carbocycles. The van der Waals surface area contributed by atoms with Crippen LogP contribution in [0.5, 0.6) is 0 Å². The van der Waals surface area contributed by atoms with Gasteiger partial charge >= 0.3 is 0 Å². The fourth-order valence-corrected chi connectivity index (χ4v) is 3.91. The molecule has 0 unspecified atom stereocenters. The molecule has 0 fully saturated rings. The Kier molecular flexibility index (Phi) is 5.49. The van der Waals surface area contributed by atoms with Gasteiger partial charge in [-0.25, -0.2) is 10.4 Å². The first-order valence-electron chi connectivity index (χ1n) is 9.11. The Hall–Kier alpha value is -3.70. The van der Waals surface area contributed by atoms with Gasteiger partial charge in [-0.05, 0) is 18.2 Å². The minimum atomic E-state index is -0.256. The highest BCUT2D eigenvalue weighted by Gasteiger charge is 2.07. The molecule has 144 valence electrons. The molecule has 0 saturated heterocycles. The van der Waals surface area contributed by atoms with Gasteiger partial charge in [0, 0.05) is 29.2 Å². The number of rotatable bonds is 7. The summed E-state index contributed by atoms with van der Waals surface area (Å²) >= 11 is 1.50. The fraction of sp³-hybridized carbons (Fsp3) is 0.143. The fourth-order valence-electron chi connectivity index (χ4n) is 3.05. The maximum Gasteiger partial charge on any atom is 0.259 e. The molecule has 1 amide bonds. The zero-order valence-corrected chi connectivity index (χ0v) is 16.3. The van der Waals surface area contributed by atoms with Gasteiger partial charge < -0.3 is 9.88 Å². The number of amides is 1. The average molecular weight is 402 g/mol. The highest BCUT2D eigenvalue weighted by molar-refractivity contribution is 7.22. The summed E-state index contributed by atoms with van der Waals surface area (Å²) in [5.74, 6) is -0.256. The van der Waals surface area contributed by atoms with Gasteiger partial charge in [-0.2, -0.15) is 10.4 Å². The molecule has 2 aromatic heterocycles. The molecule has 0 atom stereocenters. The van der Waals surface area contributed by atoms with E-state index in [1.807, 2.05) is 59.3 Å². The van der Waals surface area contributed by atoms with Crippen LogP contribution in [0.2, 0.25) is 0 Å². The third-order valence-electron chi connectivity index (χ3n) is 4.37. The van der Waals surface area contributed by atoms with Crippen molar-refractivity contribution in [2.45, 2.75) is 13.0 Å². The highest BCUT2D eigenvalue weighted by atomic mass is 32.1. The minimum Gasteiger partial charge on any atom is -0.352 e. The number of para-hydroxylation sites is 2. The maximum atomic E-state index is 12.1. The Labute approximate surface area is 171 Å². The largest absolute Gasteiger partial charge is 0.352 e. The molecule has 8 heteroatoms. The van der Waals surface area contributed by atoms with Crippen LogP contribution >= 0.6 is 11.3 Å². The first-order chi connectivity index (χ1) is 14.2. The van der Waals surface area contributed by atoms with Crippen LogP contribution in [0.3, 0.4) is 0 Å². The van der Waals surface area contributed by atoms with Gasteiger partial charge in [-0.1, -0.05) is 41.7 Å². The van der Waals surface area contributed by atoms with Crippen molar-refractivity contribution >= 4 is 49.7 Å². The van der Waals surface area contributed by atoms with Crippen molar-refractivity contribution in [2.24, 2.45) is 5.10 Å². The van der Waals surface area contributed by atoms with Crippen LogP contribution in [0, 0.1) is 11.3 Å². The number of anilines is 1. The Morgan fingerprint density at radius 1 is 1.24 bits per heavy atom. The molecular formula is C21H18N6OS. The number of aryl methyl sites for hydroxylation is 1. The lowest BCUT2D eigenvalue weighted by molar-refractivity contribution is -0.119. The van der Waals surface area contributed by atoms with Crippen molar-refractivity contribution in [1.82, 2.24) is 15.0 Å². The average Bonchev–Trinajstić information content (AvgIpc) is 3.32. The maximum absolute atomic E-state index is 12.1. The smallest absolute Gasteiger partial charge is 0.259 e. The zero-order chi connectivity index (χ0) is 20.1.